The van der Waals surface area contributed by atoms with E-state index in [1.54, 1.807) is 6.20 Å². The smallest absolute Gasteiger partial charge is 0.251 e. The van der Waals surface area contributed by atoms with Crippen LogP contribution in [0.5, 0.6) is 0 Å². The zero-order valence-electron chi connectivity index (χ0n) is 18.8. The number of nitrogens with zero attached hydrogens (tertiary/aromatic N) is 5. The van der Waals surface area contributed by atoms with E-state index in [1.807, 2.05) is 30.3 Å². The van der Waals surface area contributed by atoms with Crippen molar-refractivity contribution in [3.63, 3.8) is 0 Å². The van der Waals surface area contributed by atoms with E-state index in [0.717, 1.165) is 37.4 Å². The van der Waals surface area contributed by atoms with Crippen molar-refractivity contribution < 1.29 is 4.79 Å². The Bertz CT molecular complexity index is 953. The Morgan fingerprint density at radius 2 is 1.97 bits per heavy atom. The van der Waals surface area contributed by atoms with Crippen LogP contribution in [-0.2, 0) is 6.54 Å². The van der Waals surface area contributed by atoms with E-state index in [-0.39, 0.29) is 23.7 Å². The number of piperazine rings is 1. The molecule has 1 aliphatic heterocycles. The fourth-order valence-corrected chi connectivity index (χ4v) is 3.28. The molecular formula is C23H31N7O. The second-order valence-corrected chi connectivity index (χ2v) is 9.12. The summed E-state index contributed by atoms with van der Waals surface area (Å²) in [5, 5.41) is 15.4. The summed E-state index contributed by atoms with van der Waals surface area (Å²) in [7, 11) is 2.12. The monoisotopic (exact) mass is 421 g/mol. The zero-order chi connectivity index (χ0) is 22.4. The van der Waals surface area contributed by atoms with Crippen LogP contribution in [0, 0.1) is 16.7 Å². The zero-order valence-corrected chi connectivity index (χ0v) is 18.8. The number of hydrogen-bond acceptors (Lipinski definition) is 7. The molecule has 3 rings (SSSR count). The van der Waals surface area contributed by atoms with Gasteiger partial charge in [0, 0.05) is 62.3 Å². The highest BCUT2D eigenvalue weighted by atomic mass is 16.1. The standard InChI is InChI=1S/C23H31N7O/c1-23(2,3)16-27-21-18(14-25-20(13-24)28-21)15-26-22(31)17-6-5-7-19(12-17)30-10-8-29(4)9-11-30/h5-7,12,14H,8-11,15-16H2,1-4H3,(H,26,31)(H,25,27,28). The van der Waals surface area contributed by atoms with Crippen LogP contribution < -0.4 is 15.5 Å². The topological polar surface area (TPSA) is 97.2 Å². The molecule has 2 heterocycles. The van der Waals surface area contributed by atoms with Gasteiger partial charge in [0.15, 0.2) is 0 Å². The summed E-state index contributed by atoms with van der Waals surface area (Å²) in [6.07, 6.45) is 1.59. The van der Waals surface area contributed by atoms with Gasteiger partial charge in [0.2, 0.25) is 5.82 Å². The van der Waals surface area contributed by atoms with Crippen LogP contribution in [0.25, 0.3) is 0 Å². The molecule has 0 unspecified atom stereocenters. The number of rotatable bonds is 6. The fraction of sp³-hybridized carbons (Fsp3) is 0.478. The Morgan fingerprint density at radius 3 is 2.65 bits per heavy atom. The van der Waals surface area contributed by atoms with Crippen molar-refractivity contribution in [3.8, 4) is 6.07 Å². The molecule has 8 nitrogen and oxygen atoms in total. The number of benzene rings is 1. The lowest BCUT2D eigenvalue weighted by Gasteiger charge is -2.34. The molecule has 0 spiro atoms. The number of likely N-dealkylation sites (N-methyl/N-ethyl adjacent to an activating group) is 1. The van der Waals surface area contributed by atoms with E-state index in [2.05, 4.69) is 58.2 Å². The van der Waals surface area contributed by atoms with Crippen molar-refractivity contribution in [2.45, 2.75) is 27.3 Å². The van der Waals surface area contributed by atoms with Crippen LogP contribution in [0.15, 0.2) is 30.5 Å². The molecule has 2 aromatic rings. The summed E-state index contributed by atoms with van der Waals surface area (Å²) in [6.45, 7) is 11.2. The normalized spacial score (nSPS) is 14.7. The van der Waals surface area contributed by atoms with E-state index in [4.69, 9.17) is 5.26 Å². The maximum atomic E-state index is 12.8. The summed E-state index contributed by atoms with van der Waals surface area (Å²) in [6, 6.07) is 9.69. The molecule has 0 aliphatic carbocycles. The minimum atomic E-state index is -0.151. The van der Waals surface area contributed by atoms with Gasteiger partial charge in [-0.2, -0.15) is 5.26 Å². The molecule has 31 heavy (non-hydrogen) atoms. The number of carbonyl (C=O) groups excluding carboxylic acids is 1. The maximum absolute atomic E-state index is 12.8. The average Bonchev–Trinajstić information content (AvgIpc) is 2.76. The molecule has 0 saturated carbocycles. The first-order chi connectivity index (χ1) is 14.7. The molecule has 0 atom stereocenters. The summed E-state index contributed by atoms with van der Waals surface area (Å²) in [5.74, 6) is 0.529. The highest BCUT2D eigenvalue weighted by Crippen LogP contribution is 2.19. The molecule has 1 amide bonds. The van der Waals surface area contributed by atoms with Crippen molar-refractivity contribution in [2.75, 3.05) is 50.0 Å². The summed E-state index contributed by atoms with van der Waals surface area (Å²) < 4.78 is 0. The van der Waals surface area contributed by atoms with Crippen molar-refractivity contribution >= 4 is 17.4 Å². The molecule has 8 heteroatoms. The molecule has 0 bridgehead atoms. The number of carbonyl (C=O) groups is 1. The Balaban J connectivity index is 1.68. The lowest BCUT2D eigenvalue weighted by molar-refractivity contribution is 0.0951. The molecular weight excluding hydrogens is 390 g/mol. The number of aromatic nitrogens is 2. The molecule has 1 aliphatic rings. The quantitative estimate of drug-likeness (QED) is 0.739. The maximum Gasteiger partial charge on any atom is 0.251 e. The van der Waals surface area contributed by atoms with Crippen LogP contribution >= 0.6 is 0 Å². The molecule has 2 N–H and O–H groups in total. The van der Waals surface area contributed by atoms with Gasteiger partial charge >= 0.3 is 0 Å². The van der Waals surface area contributed by atoms with Gasteiger partial charge in [-0.3, -0.25) is 4.79 Å². The first-order valence-corrected chi connectivity index (χ1v) is 10.6. The van der Waals surface area contributed by atoms with Gasteiger partial charge in [0.1, 0.15) is 11.9 Å². The van der Waals surface area contributed by atoms with Crippen LogP contribution in [0.2, 0.25) is 0 Å². The molecule has 1 saturated heterocycles. The van der Waals surface area contributed by atoms with Crippen LogP contribution in [-0.4, -0.2) is 60.5 Å². The number of amides is 1. The molecule has 1 aromatic heterocycles. The highest BCUT2D eigenvalue weighted by molar-refractivity contribution is 5.95. The highest BCUT2D eigenvalue weighted by Gasteiger charge is 2.17. The fourth-order valence-electron chi connectivity index (χ4n) is 3.28. The number of anilines is 2. The van der Waals surface area contributed by atoms with E-state index < -0.39 is 0 Å². The number of hydrogen-bond donors (Lipinski definition) is 2. The summed E-state index contributed by atoms with van der Waals surface area (Å²) in [5.41, 5.74) is 2.47. The lowest BCUT2D eigenvalue weighted by Crippen LogP contribution is -2.44. The first kappa shape index (κ1) is 22.5. The van der Waals surface area contributed by atoms with Crippen LogP contribution in [0.1, 0.15) is 42.5 Å². The van der Waals surface area contributed by atoms with Gasteiger partial charge in [0.05, 0.1) is 0 Å². The average molecular weight is 422 g/mol. The van der Waals surface area contributed by atoms with E-state index >= 15 is 0 Å². The van der Waals surface area contributed by atoms with Gasteiger partial charge in [-0.05, 0) is 30.7 Å². The Labute approximate surface area is 184 Å². The Hall–Kier alpha value is -3.18. The molecule has 1 aromatic carbocycles. The van der Waals surface area contributed by atoms with Crippen molar-refractivity contribution in [1.82, 2.24) is 20.2 Å². The minimum Gasteiger partial charge on any atom is -0.369 e. The predicted molar refractivity (Wildman–Crippen MR) is 122 cm³/mol. The van der Waals surface area contributed by atoms with Gasteiger partial charge in [-0.1, -0.05) is 26.8 Å². The third kappa shape index (κ3) is 6.40. The second kappa shape index (κ2) is 9.75. The van der Waals surface area contributed by atoms with Gasteiger partial charge in [-0.15, -0.1) is 0 Å². The van der Waals surface area contributed by atoms with E-state index in [1.165, 1.54) is 0 Å². The van der Waals surface area contributed by atoms with Gasteiger partial charge in [-0.25, -0.2) is 9.97 Å². The predicted octanol–water partition coefficient (Wildman–Crippen LogP) is 2.49. The summed E-state index contributed by atoms with van der Waals surface area (Å²) >= 11 is 0. The van der Waals surface area contributed by atoms with Crippen LogP contribution in [0.3, 0.4) is 0 Å². The first-order valence-electron chi connectivity index (χ1n) is 10.6. The Kier molecular flexibility index (Phi) is 7.08. The third-order valence-corrected chi connectivity index (χ3v) is 5.17. The third-order valence-electron chi connectivity index (χ3n) is 5.17. The van der Waals surface area contributed by atoms with E-state index in [9.17, 15) is 4.79 Å². The van der Waals surface area contributed by atoms with Crippen molar-refractivity contribution in [1.29, 1.82) is 5.26 Å². The second-order valence-electron chi connectivity index (χ2n) is 9.12. The molecule has 1 fully saturated rings. The minimum absolute atomic E-state index is 0.0436. The van der Waals surface area contributed by atoms with Crippen LogP contribution in [0.4, 0.5) is 11.5 Å². The van der Waals surface area contributed by atoms with Crippen molar-refractivity contribution in [3.05, 3.63) is 47.4 Å². The lowest BCUT2D eigenvalue weighted by atomic mass is 9.97. The Morgan fingerprint density at radius 1 is 1.23 bits per heavy atom. The van der Waals surface area contributed by atoms with E-state index in [0.29, 0.717) is 17.9 Å². The number of nitrogens with one attached hydrogen (secondary N) is 2. The molecule has 0 radical (unpaired) electrons. The van der Waals surface area contributed by atoms with Crippen molar-refractivity contribution in [2.24, 2.45) is 5.41 Å². The SMILES string of the molecule is CN1CCN(c2cccc(C(=O)NCc3cnc(C#N)nc3NCC(C)(C)C)c2)CC1. The largest absolute Gasteiger partial charge is 0.369 e. The summed E-state index contributed by atoms with van der Waals surface area (Å²) in [4.78, 5) is 25.8. The van der Waals surface area contributed by atoms with Gasteiger partial charge in [0.25, 0.3) is 5.91 Å². The molecule has 164 valence electrons. The number of nitriles is 1. The van der Waals surface area contributed by atoms with Gasteiger partial charge < -0.3 is 20.4 Å².